The second kappa shape index (κ2) is 13.9. The number of benzene rings is 5. The highest BCUT2D eigenvalue weighted by molar-refractivity contribution is 5.86. The third kappa shape index (κ3) is 9.11. The zero-order valence-electron chi connectivity index (χ0n) is 23.7. The van der Waals surface area contributed by atoms with Crippen molar-refractivity contribution in [1.82, 2.24) is 0 Å². The fourth-order valence-corrected chi connectivity index (χ4v) is 3.84. The van der Waals surface area contributed by atoms with E-state index < -0.39 is 23.5 Å². The average Bonchev–Trinajstić information content (AvgIpc) is 3.05. The lowest BCUT2D eigenvalue weighted by Gasteiger charge is -2.05. The molecule has 0 unspecified atom stereocenters. The Morgan fingerprint density at radius 1 is 0.326 bits per heavy atom. The van der Waals surface area contributed by atoms with E-state index in [0.717, 1.165) is 35.4 Å². The van der Waals surface area contributed by atoms with Crippen molar-refractivity contribution in [2.75, 3.05) is 0 Å². The average molecular weight is 629 g/mol. The number of aliphatic imine (C=N–C) groups is 2. The van der Waals surface area contributed by atoms with Crippen molar-refractivity contribution in [1.29, 1.82) is 0 Å². The van der Waals surface area contributed by atoms with Gasteiger partial charge in [0.2, 0.25) is 0 Å². The number of nitrogens with zero attached hydrogens (tertiary/aromatic N) is 6. The summed E-state index contributed by atoms with van der Waals surface area (Å²) in [5.74, 6) is 0. The molecule has 5 aromatic rings. The standard InChI is InChI=1S/C34H22F6N6/c35-33(36,37)25-5-9-29(10-6-25)43-45-31-17-13-27(14-18-31)41-21-23-1-2-24(4-3-23)22-42-28-15-19-32(20-16-28)46-44-30-11-7-26(8-12-30)34(38,39)40/h1-22H. The van der Waals surface area contributed by atoms with Gasteiger partial charge in [0.25, 0.3) is 0 Å². The highest BCUT2D eigenvalue weighted by Crippen LogP contribution is 2.32. The quantitative estimate of drug-likeness (QED) is 0.0932. The van der Waals surface area contributed by atoms with Crippen LogP contribution in [0.3, 0.4) is 0 Å². The molecular weight excluding hydrogens is 606 g/mol. The van der Waals surface area contributed by atoms with Gasteiger partial charge in [-0.1, -0.05) is 24.3 Å². The Balaban J connectivity index is 1.12. The van der Waals surface area contributed by atoms with Crippen molar-refractivity contribution < 1.29 is 26.3 Å². The number of alkyl halides is 6. The first-order chi connectivity index (χ1) is 22.0. The van der Waals surface area contributed by atoms with Crippen LogP contribution in [0.5, 0.6) is 0 Å². The lowest BCUT2D eigenvalue weighted by atomic mass is 10.1. The van der Waals surface area contributed by atoms with Gasteiger partial charge in [-0.15, -0.1) is 0 Å². The lowest BCUT2D eigenvalue weighted by Crippen LogP contribution is -2.03. The van der Waals surface area contributed by atoms with Crippen LogP contribution >= 0.6 is 0 Å². The van der Waals surface area contributed by atoms with Gasteiger partial charge in [0, 0.05) is 12.4 Å². The molecular formula is C34H22F6N6. The van der Waals surface area contributed by atoms with Crippen LogP contribution in [-0.4, -0.2) is 12.4 Å². The molecule has 0 radical (unpaired) electrons. The Kier molecular flexibility index (Phi) is 9.55. The third-order valence-electron chi connectivity index (χ3n) is 6.31. The van der Waals surface area contributed by atoms with Crippen molar-refractivity contribution in [2.45, 2.75) is 12.4 Å². The second-order valence-corrected chi connectivity index (χ2v) is 9.71. The van der Waals surface area contributed by atoms with Gasteiger partial charge in [0.05, 0.1) is 45.3 Å². The van der Waals surface area contributed by atoms with E-state index in [2.05, 4.69) is 30.4 Å². The van der Waals surface area contributed by atoms with E-state index >= 15 is 0 Å². The van der Waals surface area contributed by atoms with E-state index in [1.165, 1.54) is 24.3 Å². The van der Waals surface area contributed by atoms with Crippen molar-refractivity contribution in [3.8, 4) is 0 Å². The van der Waals surface area contributed by atoms with Gasteiger partial charge in [0.1, 0.15) is 0 Å². The summed E-state index contributed by atoms with van der Waals surface area (Å²) in [7, 11) is 0. The molecule has 230 valence electrons. The number of hydrogen-bond acceptors (Lipinski definition) is 6. The summed E-state index contributed by atoms with van der Waals surface area (Å²) in [4.78, 5) is 8.90. The van der Waals surface area contributed by atoms with E-state index in [1.807, 2.05) is 24.3 Å². The number of azo groups is 2. The van der Waals surface area contributed by atoms with Crippen LogP contribution < -0.4 is 0 Å². The fourth-order valence-electron chi connectivity index (χ4n) is 3.84. The summed E-state index contributed by atoms with van der Waals surface area (Å²) in [5.41, 5.74) is 3.27. The summed E-state index contributed by atoms with van der Waals surface area (Å²) < 4.78 is 76.1. The maximum atomic E-state index is 12.7. The molecule has 0 amide bonds. The van der Waals surface area contributed by atoms with Crippen LogP contribution in [0.2, 0.25) is 0 Å². The molecule has 12 heteroatoms. The Bertz CT molecular complexity index is 1720. The topological polar surface area (TPSA) is 74.2 Å². The smallest absolute Gasteiger partial charge is 0.256 e. The first-order valence-corrected chi connectivity index (χ1v) is 13.6. The minimum atomic E-state index is -4.40. The summed E-state index contributed by atoms with van der Waals surface area (Å²) in [5, 5.41) is 16.0. The Hall–Kier alpha value is -5.78. The van der Waals surface area contributed by atoms with Crippen LogP contribution in [0.4, 0.5) is 60.5 Å². The van der Waals surface area contributed by atoms with E-state index in [-0.39, 0.29) is 0 Å². The van der Waals surface area contributed by atoms with Gasteiger partial charge in [-0.05, 0) is 108 Å². The molecule has 0 aliphatic carbocycles. The molecule has 0 bridgehead atoms. The molecule has 0 saturated heterocycles. The third-order valence-corrected chi connectivity index (χ3v) is 6.31. The molecule has 0 fully saturated rings. The van der Waals surface area contributed by atoms with Crippen molar-refractivity contribution in [3.63, 3.8) is 0 Å². The van der Waals surface area contributed by atoms with Gasteiger partial charge in [0.15, 0.2) is 0 Å². The zero-order chi connectivity index (χ0) is 32.6. The minimum absolute atomic E-state index is 0.307. The van der Waals surface area contributed by atoms with Crippen molar-refractivity contribution >= 4 is 46.6 Å². The summed E-state index contributed by atoms with van der Waals surface area (Å²) in [6.45, 7) is 0. The maximum Gasteiger partial charge on any atom is 0.416 e. The molecule has 0 saturated carbocycles. The highest BCUT2D eigenvalue weighted by atomic mass is 19.4. The Labute approximate surface area is 259 Å². The predicted octanol–water partition coefficient (Wildman–Crippen LogP) is 12.1. The maximum absolute atomic E-state index is 12.7. The van der Waals surface area contributed by atoms with Crippen LogP contribution in [-0.2, 0) is 12.4 Å². The van der Waals surface area contributed by atoms with E-state index in [1.54, 1.807) is 61.0 Å². The van der Waals surface area contributed by atoms with Crippen LogP contribution in [0.1, 0.15) is 22.3 Å². The first kappa shape index (κ1) is 31.6. The molecule has 5 aromatic carbocycles. The zero-order valence-corrected chi connectivity index (χ0v) is 23.7. The molecule has 0 spiro atoms. The van der Waals surface area contributed by atoms with Crippen LogP contribution in [0.25, 0.3) is 0 Å². The predicted molar refractivity (Wildman–Crippen MR) is 165 cm³/mol. The van der Waals surface area contributed by atoms with E-state index in [4.69, 9.17) is 0 Å². The normalized spacial score (nSPS) is 12.7. The number of rotatable bonds is 8. The minimum Gasteiger partial charge on any atom is -0.256 e. The second-order valence-electron chi connectivity index (χ2n) is 9.71. The van der Waals surface area contributed by atoms with Crippen molar-refractivity contribution in [3.05, 3.63) is 144 Å². The highest BCUT2D eigenvalue weighted by Gasteiger charge is 2.30. The molecule has 6 nitrogen and oxygen atoms in total. The lowest BCUT2D eigenvalue weighted by molar-refractivity contribution is -0.138. The number of halogens is 6. The van der Waals surface area contributed by atoms with Crippen molar-refractivity contribution in [2.24, 2.45) is 30.4 Å². The van der Waals surface area contributed by atoms with E-state index in [0.29, 0.717) is 34.1 Å². The van der Waals surface area contributed by atoms with Crippen LogP contribution in [0.15, 0.2) is 152 Å². The molecule has 0 N–H and O–H groups in total. The number of hydrogen-bond donors (Lipinski definition) is 0. The largest absolute Gasteiger partial charge is 0.416 e. The molecule has 5 rings (SSSR count). The fraction of sp³-hybridized carbons (Fsp3) is 0.0588. The Morgan fingerprint density at radius 3 is 0.826 bits per heavy atom. The molecule has 0 atom stereocenters. The van der Waals surface area contributed by atoms with Gasteiger partial charge < -0.3 is 0 Å². The molecule has 0 aliphatic rings. The molecule has 0 aromatic heterocycles. The molecule has 0 aliphatic heterocycles. The summed E-state index contributed by atoms with van der Waals surface area (Å²) in [6, 6.07) is 30.2. The van der Waals surface area contributed by atoms with Gasteiger partial charge in [-0.25, -0.2) is 0 Å². The summed E-state index contributed by atoms with van der Waals surface area (Å²) in [6.07, 6.45) is -5.39. The monoisotopic (exact) mass is 628 g/mol. The first-order valence-electron chi connectivity index (χ1n) is 13.6. The van der Waals surface area contributed by atoms with Gasteiger partial charge in [-0.2, -0.15) is 46.8 Å². The van der Waals surface area contributed by atoms with Gasteiger partial charge >= 0.3 is 12.4 Å². The van der Waals surface area contributed by atoms with Crippen LogP contribution in [0, 0.1) is 0 Å². The van der Waals surface area contributed by atoms with E-state index in [9.17, 15) is 26.3 Å². The van der Waals surface area contributed by atoms with Gasteiger partial charge in [-0.3, -0.25) is 9.98 Å². The summed E-state index contributed by atoms with van der Waals surface area (Å²) >= 11 is 0. The SMILES string of the molecule is FC(F)(F)c1ccc(N=Nc2ccc(N=Cc3ccc(C=Nc4ccc(N=Nc5ccc(C(F)(F)F)cc5)cc4)cc3)cc2)cc1. The molecule has 0 heterocycles. The molecule has 46 heavy (non-hydrogen) atoms. The Morgan fingerprint density at radius 2 is 0.565 bits per heavy atom.